The van der Waals surface area contributed by atoms with Gasteiger partial charge in [0, 0.05) is 67.6 Å². The van der Waals surface area contributed by atoms with Crippen LogP contribution < -0.4 is 19.6 Å². The van der Waals surface area contributed by atoms with Crippen LogP contribution >= 0.6 is 0 Å². The standard InChI is InChI=1S/C58H42N2.C52H38N2/c1-4-13-43(14-5-1)45-23-25-46(26-24-45)48-29-37-54(38-30-48)59(53-35-27-47(28-36-53)44-15-6-2-7-16-44)55-39-31-49(32-40-55)50-33-41-56(42-34-50)60(52-19-8-3-9-20-52)58-22-12-18-51-17-10-11-21-57(51)58;1-4-13-39(14-5-1)41-23-31-47(32-24-41)53(48-33-25-42(26-34-48)40-15-6-2-7-16-40)49-35-27-43(28-36-49)44-29-37-50(38-30-44)54(46-19-8-3-9-20-46)52-22-12-18-45-17-10-11-21-51(45)52/h1-42H;1-38H. The van der Waals surface area contributed by atoms with E-state index < -0.39 is 0 Å². The van der Waals surface area contributed by atoms with Crippen molar-refractivity contribution in [3.05, 3.63) is 485 Å². The molecule has 0 bridgehead atoms. The van der Waals surface area contributed by atoms with Crippen LogP contribution in [-0.4, -0.2) is 0 Å². The second-order valence-corrected chi connectivity index (χ2v) is 28.4. The molecule has 0 radical (unpaired) electrons. The van der Waals surface area contributed by atoms with Gasteiger partial charge >= 0.3 is 0 Å². The molecule has 0 saturated heterocycles. The third kappa shape index (κ3) is 15.4. The first-order chi connectivity index (χ1) is 56.5. The van der Waals surface area contributed by atoms with Gasteiger partial charge < -0.3 is 19.6 Å². The Labute approximate surface area is 668 Å². The summed E-state index contributed by atoms with van der Waals surface area (Å²) in [6, 6.07) is 174. The quantitative estimate of drug-likeness (QED) is 0.0800. The Morgan fingerprint density at radius 2 is 0.246 bits per heavy atom. The number of nitrogens with zero attached hydrogens (tertiary/aromatic N) is 4. The van der Waals surface area contributed by atoms with Crippen LogP contribution in [0.1, 0.15) is 0 Å². The molecular formula is C110H80N4. The van der Waals surface area contributed by atoms with Crippen molar-refractivity contribution in [1.82, 2.24) is 0 Å². The fraction of sp³-hybridized carbons (Fsp3) is 0. The predicted octanol–water partition coefficient (Wildman–Crippen LogP) is 31.2. The Balaban J connectivity index is 0.000000159. The van der Waals surface area contributed by atoms with Crippen molar-refractivity contribution in [2.75, 3.05) is 19.6 Å². The Hall–Kier alpha value is -15.1. The maximum atomic E-state index is 2.35. The smallest absolute Gasteiger partial charge is 0.0540 e. The molecule has 0 unspecified atom stereocenters. The van der Waals surface area contributed by atoms with Crippen LogP contribution in [-0.2, 0) is 0 Å². The monoisotopic (exact) mass is 1460 g/mol. The number of benzene rings is 19. The average Bonchev–Trinajstić information content (AvgIpc) is 0.791. The van der Waals surface area contributed by atoms with Crippen LogP contribution in [0.15, 0.2) is 485 Å². The summed E-state index contributed by atoms with van der Waals surface area (Å²) in [4.78, 5) is 9.37. The van der Waals surface area contributed by atoms with Gasteiger partial charge in [-0.15, -0.1) is 0 Å². The zero-order chi connectivity index (χ0) is 76.2. The maximum Gasteiger partial charge on any atom is 0.0540 e. The van der Waals surface area contributed by atoms with Crippen LogP contribution in [0.3, 0.4) is 0 Å². The lowest BCUT2D eigenvalue weighted by molar-refractivity contribution is 1.28. The molecule has 4 nitrogen and oxygen atoms in total. The lowest BCUT2D eigenvalue weighted by Gasteiger charge is -2.27. The van der Waals surface area contributed by atoms with E-state index in [0.29, 0.717) is 0 Å². The summed E-state index contributed by atoms with van der Waals surface area (Å²) in [6.07, 6.45) is 0. The minimum atomic E-state index is 1.09. The SMILES string of the molecule is c1ccc(-c2ccc(-c3ccc(N(c4ccc(-c5ccccc5)cc4)c4ccc(-c5ccc(N(c6ccccc6)c6cccc7ccccc67)cc5)cc4)cc3)cc2)cc1.c1ccc(-c2ccc(N(c3ccc(-c4ccccc4)cc3)c3ccc(-c4ccc(N(c5ccccc5)c5cccc6ccccc56)cc4)cc3)cc2)cc1. The van der Waals surface area contributed by atoms with Crippen molar-refractivity contribution in [1.29, 1.82) is 0 Å². The first-order valence-electron chi connectivity index (χ1n) is 38.9. The van der Waals surface area contributed by atoms with E-state index in [1.165, 1.54) is 88.3 Å². The number of rotatable bonds is 19. The van der Waals surface area contributed by atoms with E-state index in [2.05, 4.69) is 505 Å². The summed E-state index contributed by atoms with van der Waals surface area (Å²) in [5.74, 6) is 0. The molecule has 19 aromatic rings. The van der Waals surface area contributed by atoms with Crippen molar-refractivity contribution < 1.29 is 0 Å². The van der Waals surface area contributed by atoms with Gasteiger partial charge in [-0.25, -0.2) is 0 Å². The highest BCUT2D eigenvalue weighted by molar-refractivity contribution is 6.01. The molecule has 0 fully saturated rings. The molecule has 0 N–H and O–H groups in total. The third-order valence-electron chi connectivity index (χ3n) is 21.4. The lowest BCUT2D eigenvalue weighted by atomic mass is 10.00. The highest BCUT2D eigenvalue weighted by Crippen LogP contribution is 2.45. The highest BCUT2D eigenvalue weighted by Gasteiger charge is 2.21. The Kier molecular flexibility index (Phi) is 20.4. The molecule has 0 aliphatic carbocycles. The fourth-order valence-electron chi connectivity index (χ4n) is 15.5. The molecular weight excluding hydrogens is 1380 g/mol. The summed E-state index contributed by atoms with van der Waals surface area (Å²) in [7, 11) is 0. The molecule has 0 aliphatic rings. The van der Waals surface area contributed by atoms with Crippen molar-refractivity contribution >= 4 is 89.8 Å². The molecule has 19 aromatic carbocycles. The van der Waals surface area contributed by atoms with Crippen LogP contribution in [0.2, 0.25) is 0 Å². The molecule has 540 valence electrons. The number of fused-ring (bicyclic) bond motifs is 2. The molecule has 0 spiro atoms. The maximum absolute atomic E-state index is 2.35. The van der Waals surface area contributed by atoms with Crippen molar-refractivity contribution in [2.24, 2.45) is 0 Å². The molecule has 19 rings (SSSR count). The minimum absolute atomic E-state index is 1.09. The summed E-state index contributed by atoms with van der Waals surface area (Å²) < 4.78 is 0. The Bertz CT molecular complexity index is 6260. The van der Waals surface area contributed by atoms with E-state index in [9.17, 15) is 0 Å². The predicted molar refractivity (Wildman–Crippen MR) is 485 cm³/mol. The Morgan fingerprint density at radius 3 is 0.465 bits per heavy atom. The molecule has 0 amide bonds. The number of para-hydroxylation sites is 2. The van der Waals surface area contributed by atoms with E-state index >= 15 is 0 Å². The van der Waals surface area contributed by atoms with Gasteiger partial charge in [0.25, 0.3) is 0 Å². The molecule has 0 saturated carbocycles. The third-order valence-corrected chi connectivity index (χ3v) is 21.4. The summed E-state index contributed by atoms with van der Waals surface area (Å²) in [5, 5.41) is 4.88. The van der Waals surface area contributed by atoms with Gasteiger partial charge in [0.1, 0.15) is 0 Å². The zero-order valence-electron chi connectivity index (χ0n) is 63.0. The molecule has 0 atom stereocenters. The van der Waals surface area contributed by atoms with E-state index in [1.807, 2.05) is 0 Å². The van der Waals surface area contributed by atoms with Gasteiger partial charge in [0.2, 0.25) is 0 Å². The van der Waals surface area contributed by atoms with Crippen LogP contribution in [0.4, 0.5) is 68.2 Å². The topological polar surface area (TPSA) is 13.0 Å². The second-order valence-electron chi connectivity index (χ2n) is 28.4. The van der Waals surface area contributed by atoms with Crippen LogP contribution in [0.5, 0.6) is 0 Å². The molecule has 4 heteroatoms. The number of hydrogen-bond acceptors (Lipinski definition) is 4. The average molecular weight is 1460 g/mol. The largest absolute Gasteiger partial charge is 0.311 e. The summed E-state index contributed by atoms with van der Waals surface area (Å²) in [5.41, 5.74) is 30.1. The van der Waals surface area contributed by atoms with Gasteiger partial charge in [0.15, 0.2) is 0 Å². The van der Waals surface area contributed by atoms with E-state index in [4.69, 9.17) is 0 Å². The summed E-state index contributed by atoms with van der Waals surface area (Å²) in [6.45, 7) is 0. The number of hydrogen-bond donors (Lipinski definition) is 0. The van der Waals surface area contributed by atoms with Crippen molar-refractivity contribution in [3.8, 4) is 77.9 Å². The minimum Gasteiger partial charge on any atom is -0.311 e. The van der Waals surface area contributed by atoms with E-state index in [-0.39, 0.29) is 0 Å². The molecule has 0 heterocycles. The van der Waals surface area contributed by atoms with Gasteiger partial charge in [0.05, 0.1) is 11.4 Å². The van der Waals surface area contributed by atoms with E-state index in [0.717, 1.165) is 79.4 Å². The zero-order valence-corrected chi connectivity index (χ0v) is 63.0. The number of anilines is 12. The first kappa shape index (κ1) is 70.6. The highest BCUT2D eigenvalue weighted by atomic mass is 15.2. The van der Waals surface area contributed by atoms with Crippen LogP contribution in [0.25, 0.3) is 99.4 Å². The normalized spacial score (nSPS) is 11.0. The molecule has 0 aromatic heterocycles. The van der Waals surface area contributed by atoms with Gasteiger partial charge in [-0.3, -0.25) is 0 Å². The Morgan fingerprint density at radius 1 is 0.0965 bits per heavy atom. The first-order valence-corrected chi connectivity index (χ1v) is 38.9. The van der Waals surface area contributed by atoms with Gasteiger partial charge in [-0.1, -0.05) is 352 Å². The van der Waals surface area contributed by atoms with E-state index in [1.54, 1.807) is 0 Å². The van der Waals surface area contributed by atoms with Crippen LogP contribution in [0, 0.1) is 0 Å². The molecule has 114 heavy (non-hydrogen) atoms. The van der Waals surface area contributed by atoms with Gasteiger partial charge in [-0.2, -0.15) is 0 Å². The second kappa shape index (κ2) is 33.0. The lowest BCUT2D eigenvalue weighted by Crippen LogP contribution is -2.10. The van der Waals surface area contributed by atoms with Crippen molar-refractivity contribution in [2.45, 2.75) is 0 Å². The summed E-state index contributed by atoms with van der Waals surface area (Å²) >= 11 is 0. The van der Waals surface area contributed by atoms with Crippen molar-refractivity contribution in [3.63, 3.8) is 0 Å². The fourth-order valence-corrected chi connectivity index (χ4v) is 15.5. The molecule has 0 aliphatic heterocycles. The van der Waals surface area contributed by atoms with Gasteiger partial charge in [-0.05, 0) is 222 Å².